The molecular weight excluding hydrogens is 273 g/mol. The third-order valence-electron chi connectivity index (χ3n) is 2.85. The number of benzene rings is 1. The second-order valence-corrected chi connectivity index (χ2v) is 5.77. The third-order valence-corrected chi connectivity index (χ3v) is 2.85. The van der Waals surface area contributed by atoms with Gasteiger partial charge < -0.3 is 14.9 Å². The minimum atomic E-state index is -4.72. The first-order valence-corrected chi connectivity index (χ1v) is 6.20. The molecule has 114 valence electrons. The number of halogens is 3. The monoisotopic (exact) mass is 292 g/mol. The maximum atomic E-state index is 12.0. The molecule has 0 aromatic heterocycles. The molecule has 0 fully saturated rings. The Hall–Kier alpha value is -1.27. The summed E-state index contributed by atoms with van der Waals surface area (Å²) in [7, 11) is 0. The van der Waals surface area contributed by atoms with Gasteiger partial charge in [0.05, 0.1) is 12.2 Å². The van der Waals surface area contributed by atoms with E-state index in [1.54, 1.807) is 20.8 Å². The van der Waals surface area contributed by atoms with Crippen molar-refractivity contribution in [2.75, 3.05) is 0 Å². The van der Waals surface area contributed by atoms with E-state index in [1.807, 2.05) is 0 Å². The van der Waals surface area contributed by atoms with Crippen LogP contribution in [0.4, 0.5) is 13.2 Å². The zero-order valence-corrected chi connectivity index (χ0v) is 11.6. The number of alkyl halides is 3. The SMILES string of the molecule is CC(C)(C)C(O)C(O)Cc1ccc(OC(F)(F)F)cc1. The molecule has 6 heteroatoms. The second-order valence-electron chi connectivity index (χ2n) is 5.77. The van der Waals surface area contributed by atoms with E-state index in [0.717, 1.165) is 0 Å². The van der Waals surface area contributed by atoms with Gasteiger partial charge in [0.25, 0.3) is 0 Å². The Balaban J connectivity index is 2.66. The summed E-state index contributed by atoms with van der Waals surface area (Å²) in [5.41, 5.74) is 0.147. The largest absolute Gasteiger partial charge is 0.573 e. The van der Waals surface area contributed by atoms with Crippen molar-refractivity contribution in [1.29, 1.82) is 0 Å². The highest BCUT2D eigenvalue weighted by molar-refractivity contribution is 5.28. The fraction of sp³-hybridized carbons (Fsp3) is 0.571. The smallest absolute Gasteiger partial charge is 0.406 e. The van der Waals surface area contributed by atoms with Crippen LogP contribution in [0, 0.1) is 5.41 Å². The van der Waals surface area contributed by atoms with Gasteiger partial charge in [0, 0.05) is 6.42 Å². The van der Waals surface area contributed by atoms with Crippen LogP contribution in [0.15, 0.2) is 24.3 Å². The first-order valence-electron chi connectivity index (χ1n) is 6.20. The lowest BCUT2D eigenvalue weighted by Crippen LogP contribution is -2.38. The molecule has 2 unspecified atom stereocenters. The van der Waals surface area contributed by atoms with Gasteiger partial charge in [0.15, 0.2) is 0 Å². The molecule has 0 spiro atoms. The van der Waals surface area contributed by atoms with Crippen molar-refractivity contribution >= 4 is 0 Å². The van der Waals surface area contributed by atoms with Crippen molar-refractivity contribution in [3.63, 3.8) is 0 Å². The summed E-state index contributed by atoms with van der Waals surface area (Å²) in [6.45, 7) is 5.38. The van der Waals surface area contributed by atoms with Gasteiger partial charge >= 0.3 is 6.36 Å². The van der Waals surface area contributed by atoms with E-state index in [2.05, 4.69) is 4.74 Å². The molecule has 0 aliphatic heterocycles. The minimum Gasteiger partial charge on any atom is -0.406 e. The number of ether oxygens (including phenoxy) is 1. The van der Waals surface area contributed by atoms with Crippen molar-refractivity contribution < 1.29 is 28.1 Å². The maximum Gasteiger partial charge on any atom is 0.573 e. The Bertz CT molecular complexity index is 421. The second kappa shape index (κ2) is 6.01. The molecule has 0 amide bonds. The summed E-state index contributed by atoms with van der Waals surface area (Å²) in [5.74, 6) is -0.313. The minimum absolute atomic E-state index is 0.157. The van der Waals surface area contributed by atoms with Crippen molar-refractivity contribution in [2.45, 2.75) is 45.8 Å². The molecule has 3 nitrogen and oxygen atoms in total. The third kappa shape index (κ3) is 5.38. The lowest BCUT2D eigenvalue weighted by molar-refractivity contribution is -0.274. The van der Waals surface area contributed by atoms with E-state index < -0.39 is 24.0 Å². The fourth-order valence-corrected chi connectivity index (χ4v) is 1.76. The number of hydrogen-bond acceptors (Lipinski definition) is 3. The molecule has 0 bridgehead atoms. The molecule has 0 aliphatic rings. The Labute approximate surface area is 116 Å². The van der Waals surface area contributed by atoms with Gasteiger partial charge in [-0.15, -0.1) is 13.2 Å². The molecule has 0 radical (unpaired) electrons. The molecule has 20 heavy (non-hydrogen) atoms. The van der Waals surface area contributed by atoms with Crippen LogP contribution < -0.4 is 4.74 Å². The summed E-state index contributed by atoms with van der Waals surface area (Å²) < 4.78 is 39.7. The Morgan fingerprint density at radius 3 is 1.95 bits per heavy atom. The highest BCUT2D eigenvalue weighted by Gasteiger charge is 2.31. The number of hydrogen-bond donors (Lipinski definition) is 2. The summed E-state index contributed by atoms with van der Waals surface area (Å²) in [6, 6.07) is 5.22. The molecule has 0 saturated carbocycles. The van der Waals surface area contributed by atoms with Crippen LogP contribution in [-0.2, 0) is 6.42 Å². The van der Waals surface area contributed by atoms with Gasteiger partial charge in [-0.2, -0.15) is 0 Å². The van der Waals surface area contributed by atoms with E-state index in [9.17, 15) is 23.4 Å². The molecule has 1 rings (SSSR count). The predicted octanol–water partition coefficient (Wildman–Crippen LogP) is 2.90. The number of aliphatic hydroxyl groups is 2. The van der Waals surface area contributed by atoms with E-state index in [-0.39, 0.29) is 12.2 Å². The molecule has 1 aromatic carbocycles. The molecular formula is C14H19F3O3. The van der Waals surface area contributed by atoms with E-state index in [1.165, 1.54) is 24.3 Å². The standard InChI is InChI=1S/C14H19F3O3/c1-13(2,3)12(19)11(18)8-9-4-6-10(7-5-9)20-14(15,16)17/h4-7,11-12,18-19H,8H2,1-3H3. The van der Waals surface area contributed by atoms with Crippen LogP contribution >= 0.6 is 0 Å². The number of rotatable bonds is 4. The van der Waals surface area contributed by atoms with Crippen LogP contribution in [0.3, 0.4) is 0 Å². The van der Waals surface area contributed by atoms with Crippen LogP contribution in [0.5, 0.6) is 5.75 Å². The van der Waals surface area contributed by atoms with Gasteiger partial charge in [-0.3, -0.25) is 0 Å². The topological polar surface area (TPSA) is 49.7 Å². The lowest BCUT2D eigenvalue weighted by atomic mass is 9.84. The summed E-state index contributed by atoms with van der Waals surface area (Å²) in [5, 5.41) is 19.8. The van der Waals surface area contributed by atoms with E-state index in [4.69, 9.17) is 0 Å². The van der Waals surface area contributed by atoms with Crippen LogP contribution in [0.1, 0.15) is 26.3 Å². The van der Waals surface area contributed by atoms with Gasteiger partial charge in [-0.05, 0) is 23.1 Å². The molecule has 0 saturated heterocycles. The molecule has 0 aliphatic carbocycles. The van der Waals surface area contributed by atoms with Crippen molar-refractivity contribution in [2.24, 2.45) is 5.41 Å². The first kappa shape index (κ1) is 16.8. The van der Waals surface area contributed by atoms with Crippen molar-refractivity contribution in [3.05, 3.63) is 29.8 Å². The van der Waals surface area contributed by atoms with Gasteiger partial charge in [0.1, 0.15) is 5.75 Å². The average molecular weight is 292 g/mol. The first-order chi connectivity index (χ1) is 8.99. The van der Waals surface area contributed by atoms with Crippen LogP contribution in [0.2, 0.25) is 0 Å². The van der Waals surface area contributed by atoms with E-state index >= 15 is 0 Å². The quantitative estimate of drug-likeness (QED) is 0.897. The Morgan fingerprint density at radius 2 is 1.55 bits per heavy atom. The highest BCUT2D eigenvalue weighted by Crippen LogP contribution is 2.25. The molecule has 2 N–H and O–H groups in total. The highest BCUT2D eigenvalue weighted by atomic mass is 19.4. The average Bonchev–Trinajstić information content (AvgIpc) is 2.27. The van der Waals surface area contributed by atoms with Gasteiger partial charge in [-0.1, -0.05) is 32.9 Å². The Kier molecular flexibility index (Phi) is 5.05. The molecule has 0 heterocycles. The van der Waals surface area contributed by atoms with Gasteiger partial charge in [-0.25, -0.2) is 0 Å². The maximum absolute atomic E-state index is 12.0. The van der Waals surface area contributed by atoms with E-state index in [0.29, 0.717) is 5.56 Å². The molecule has 1 aromatic rings. The Morgan fingerprint density at radius 1 is 1.05 bits per heavy atom. The van der Waals surface area contributed by atoms with Crippen molar-refractivity contribution in [1.82, 2.24) is 0 Å². The van der Waals surface area contributed by atoms with Gasteiger partial charge in [0.2, 0.25) is 0 Å². The summed E-state index contributed by atoms with van der Waals surface area (Å²) in [4.78, 5) is 0. The number of aliphatic hydroxyl groups excluding tert-OH is 2. The lowest BCUT2D eigenvalue weighted by Gasteiger charge is -2.30. The molecule has 2 atom stereocenters. The normalized spacial score (nSPS) is 15.8. The predicted molar refractivity (Wildman–Crippen MR) is 68.3 cm³/mol. The van der Waals surface area contributed by atoms with Crippen molar-refractivity contribution in [3.8, 4) is 5.75 Å². The van der Waals surface area contributed by atoms with Crippen LogP contribution in [0.25, 0.3) is 0 Å². The fourth-order valence-electron chi connectivity index (χ4n) is 1.76. The summed E-state index contributed by atoms with van der Waals surface area (Å²) in [6.07, 6.45) is -6.47. The van der Waals surface area contributed by atoms with Crippen LogP contribution in [-0.4, -0.2) is 28.8 Å². The summed E-state index contributed by atoms with van der Waals surface area (Å²) >= 11 is 0. The zero-order valence-electron chi connectivity index (χ0n) is 11.6. The zero-order chi connectivity index (χ0) is 15.6.